The summed E-state index contributed by atoms with van der Waals surface area (Å²) >= 11 is 0. The first kappa shape index (κ1) is 16.0. The minimum Gasteiger partial charge on any atom is -0.484 e. The number of piperidine rings is 1. The van der Waals surface area contributed by atoms with E-state index in [1.807, 2.05) is 0 Å². The minimum absolute atomic E-state index is 0.0721. The van der Waals surface area contributed by atoms with E-state index < -0.39 is 11.9 Å². The van der Waals surface area contributed by atoms with E-state index >= 15 is 0 Å². The molecular formula is C16H19NO5. The molecule has 1 saturated heterocycles. The molecule has 1 amide bonds. The summed E-state index contributed by atoms with van der Waals surface area (Å²) in [6, 6.07) is 6.64. The third-order valence-electron chi connectivity index (χ3n) is 3.73. The van der Waals surface area contributed by atoms with Crippen molar-refractivity contribution in [2.45, 2.75) is 19.8 Å². The molecule has 6 heteroatoms. The zero-order valence-corrected chi connectivity index (χ0v) is 12.4. The molecule has 0 radical (unpaired) electrons. The lowest BCUT2D eigenvalue weighted by Gasteiger charge is -2.30. The summed E-state index contributed by atoms with van der Waals surface area (Å²) in [7, 11) is 0. The highest BCUT2D eigenvalue weighted by atomic mass is 16.5. The van der Waals surface area contributed by atoms with Crippen LogP contribution in [0.5, 0.6) is 5.75 Å². The topological polar surface area (TPSA) is 83.9 Å². The van der Waals surface area contributed by atoms with E-state index in [2.05, 4.69) is 0 Å². The number of carboxylic acids is 1. The van der Waals surface area contributed by atoms with Crippen molar-refractivity contribution in [2.75, 3.05) is 19.7 Å². The van der Waals surface area contributed by atoms with E-state index in [0.29, 0.717) is 30.7 Å². The van der Waals surface area contributed by atoms with Crippen LogP contribution in [0.2, 0.25) is 0 Å². The van der Waals surface area contributed by atoms with Crippen LogP contribution >= 0.6 is 0 Å². The predicted molar refractivity (Wildman–Crippen MR) is 78.9 cm³/mol. The molecule has 0 aromatic heterocycles. The highest BCUT2D eigenvalue weighted by Crippen LogP contribution is 2.18. The van der Waals surface area contributed by atoms with Gasteiger partial charge in [-0.25, -0.2) is 0 Å². The molecule has 0 saturated carbocycles. The van der Waals surface area contributed by atoms with Crippen molar-refractivity contribution < 1.29 is 24.2 Å². The van der Waals surface area contributed by atoms with Crippen LogP contribution in [-0.2, 0) is 9.59 Å². The molecule has 1 heterocycles. The van der Waals surface area contributed by atoms with Gasteiger partial charge in [-0.1, -0.05) is 12.1 Å². The van der Waals surface area contributed by atoms with Crippen molar-refractivity contribution in [1.29, 1.82) is 0 Å². The molecule has 1 aliphatic rings. The number of amides is 1. The van der Waals surface area contributed by atoms with Gasteiger partial charge in [0.2, 0.25) is 0 Å². The van der Waals surface area contributed by atoms with Crippen molar-refractivity contribution in [1.82, 2.24) is 4.90 Å². The average Bonchev–Trinajstić information content (AvgIpc) is 2.53. The molecular weight excluding hydrogens is 286 g/mol. The van der Waals surface area contributed by atoms with Crippen LogP contribution < -0.4 is 4.74 Å². The highest BCUT2D eigenvalue weighted by Gasteiger charge is 2.28. The number of rotatable bonds is 5. The van der Waals surface area contributed by atoms with Crippen LogP contribution in [0.15, 0.2) is 24.3 Å². The maximum Gasteiger partial charge on any atom is 0.308 e. The van der Waals surface area contributed by atoms with Gasteiger partial charge in [0, 0.05) is 18.7 Å². The van der Waals surface area contributed by atoms with E-state index in [4.69, 9.17) is 9.84 Å². The van der Waals surface area contributed by atoms with Gasteiger partial charge >= 0.3 is 5.97 Å². The number of nitrogens with zero attached hydrogens (tertiary/aromatic N) is 1. The Bertz CT molecular complexity index is 584. The Morgan fingerprint density at radius 1 is 1.36 bits per heavy atom. The lowest BCUT2D eigenvalue weighted by Crippen LogP contribution is -2.44. The van der Waals surface area contributed by atoms with Crippen LogP contribution in [0.25, 0.3) is 0 Å². The number of carbonyl (C=O) groups is 3. The van der Waals surface area contributed by atoms with Crippen molar-refractivity contribution in [2.24, 2.45) is 5.92 Å². The summed E-state index contributed by atoms with van der Waals surface area (Å²) in [5.74, 6) is -1.23. The lowest BCUT2D eigenvalue weighted by atomic mass is 9.98. The largest absolute Gasteiger partial charge is 0.484 e. The number of ether oxygens (including phenoxy) is 1. The van der Waals surface area contributed by atoms with Gasteiger partial charge in [-0.3, -0.25) is 14.4 Å². The molecule has 2 rings (SSSR count). The Balaban J connectivity index is 1.91. The summed E-state index contributed by atoms with van der Waals surface area (Å²) in [6.45, 7) is 2.09. The molecule has 0 spiro atoms. The smallest absolute Gasteiger partial charge is 0.308 e. The molecule has 1 N–H and O–H groups in total. The van der Waals surface area contributed by atoms with E-state index in [-0.39, 0.29) is 24.8 Å². The molecule has 6 nitrogen and oxygen atoms in total. The first-order valence-corrected chi connectivity index (χ1v) is 7.21. The number of Topliss-reactive ketones (excluding diaryl/α,β-unsaturated/α-hetero) is 1. The number of aliphatic carboxylic acids is 1. The summed E-state index contributed by atoms with van der Waals surface area (Å²) in [4.78, 5) is 35.9. The first-order chi connectivity index (χ1) is 10.5. The second-order valence-electron chi connectivity index (χ2n) is 5.39. The van der Waals surface area contributed by atoms with Gasteiger partial charge in [0.25, 0.3) is 5.91 Å². The maximum atomic E-state index is 12.1. The van der Waals surface area contributed by atoms with Crippen LogP contribution in [0.1, 0.15) is 30.1 Å². The van der Waals surface area contributed by atoms with Gasteiger partial charge in [-0.15, -0.1) is 0 Å². The van der Waals surface area contributed by atoms with Crippen molar-refractivity contribution >= 4 is 17.7 Å². The second-order valence-corrected chi connectivity index (χ2v) is 5.39. The monoisotopic (exact) mass is 305 g/mol. The summed E-state index contributed by atoms with van der Waals surface area (Å²) in [6.07, 6.45) is 1.28. The van der Waals surface area contributed by atoms with Crippen LogP contribution in [0, 0.1) is 5.92 Å². The minimum atomic E-state index is -0.868. The second kappa shape index (κ2) is 7.06. The molecule has 0 bridgehead atoms. The fourth-order valence-electron chi connectivity index (χ4n) is 2.45. The van der Waals surface area contributed by atoms with Gasteiger partial charge in [0.05, 0.1) is 5.92 Å². The molecule has 0 unspecified atom stereocenters. The number of hydrogen-bond acceptors (Lipinski definition) is 4. The van der Waals surface area contributed by atoms with Gasteiger partial charge in [0.1, 0.15) is 5.75 Å². The number of carboxylic acid groups (broad SMARTS) is 1. The number of benzene rings is 1. The van der Waals surface area contributed by atoms with E-state index in [9.17, 15) is 14.4 Å². The fraction of sp³-hybridized carbons (Fsp3) is 0.438. The van der Waals surface area contributed by atoms with Gasteiger partial charge < -0.3 is 14.7 Å². The zero-order valence-electron chi connectivity index (χ0n) is 12.4. The SMILES string of the molecule is CC(=O)c1cccc(OCC(=O)N2CCC[C@H](C(=O)O)C2)c1. The average molecular weight is 305 g/mol. The summed E-state index contributed by atoms with van der Waals surface area (Å²) in [5.41, 5.74) is 0.522. The molecule has 118 valence electrons. The molecule has 1 aromatic carbocycles. The van der Waals surface area contributed by atoms with Crippen LogP contribution in [0.4, 0.5) is 0 Å². The van der Waals surface area contributed by atoms with Crippen molar-refractivity contribution in [3.8, 4) is 5.75 Å². The van der Waals surface area contributed by atoms with E-state index in [0.717, 1.165) is 0 Å². The Morgan fingerprint density at radius 2 is 2.14 bits per heavy atom. The molecule has 1 aromatic rings. The van der Waals surface area contributed by atoms with E-state index in [1.165, 1.54) is 11.8 Å². The standard InChI is InChI=1S/C16H19NO5/c1-11(18)12-4-2-6-14(8-12)22-10-15(19)17-7-3-5-13(9-17)16(20)21/h2,4,6,8,13H,3,5,7,9-10H2,1H3,(H,20,21)/t13-/m0/s1. The molecule has 22 heavy (non-hydrogen) atoms. The van der Waals surface area contributed by atoms with Crippen molar-refractivity contribution in [3.63, 3.8) is 0 Å². The first-order valence-electron chi connectivity index (χ1n) is 7.21. The third kappa shape index (κ3) is 4.07. The van der Waals surface area contributed by atoms with Crippen molar-refractivity contribution in [3.05, 3.63) is 29.8 Å². The lowest BCUT2D eigenvalue weighted by molar-refractivity contribution is -0.146. The molecule has 1 aliphatic heterocycles. The van der Waals surface area contributed by atoms with Gasteiger partial charge in [0.15, 0.2) is 12.4 Å². The quantitative estimate of drug-likeness (QED) is 0.835. The van der Waals surface area contributed by atoms with Crippen LogP contribution in [-0.4, -0.2) is 47.4 Å². The fourth-order valence-corrected chi connectivity index (χ4v) is 2.45. The van der Waals surface area contributed by atoms with Crippen LogP contribution in [0.3, 0.4) is 0 Å². The predicted octanol–water partition coefficient (Wildman–Crippen LogP) is 1.59. The molecule has 1 fully saturated rings. The number of likely N-dealkylation sites (tertiary alicyclic amines) is 1. The van der Waals surface area contributed by atoms with E-state index in [1.54, 1.807) is 24.3 Å². The Labute approximate surface area is 128 Å². The van der Waals surface area contributed by atoms with Gasteiger partial charge in [-0.05, 0) is 31.9 Å². The number of ketones is 1. The third-order valence-corrected chi connectivity index (χ3v) is 3.73. The Morgan fingerprint density at radius 3 is 2.82 bits per heavy atom. The Kier molecular flexibility index (Phi) is 5.14. The van der Waals surface area contributed by atoms with Gasteiger partial charge in [-0.2, -0.15) is 0 Å². The number of carbonyl (C=O) groups excluding carboxylic acids is 2. The summed E-state index contributed by atoms with van der Waals surface area (Å²) < 4.78 is 5.42. The molecule has 1 atom stereocenters. The highest BCUT2D eigenvalue weighted by molar-refractivity contribution is 5.94. The normalized spacial score (nSPS) is 17.9. The zero-order chi connectivity index (χ0) is 16.1. The Hall–Kier alpha value is -2.37. The molecule has 0 aliphatic carbocycles. The summed E-state index contributed by atoms with van der Waals surface area (Å²) in [5, 5.41) is 9.03. The number of hydrogen-bond donors (Lipinski definition) is 1. The maximum absolute atomic E-state index is 12.1.